The molecular formula is C17H19F2NO4. The molecule has 2 aromatic rings. The van der Waals surface area contributed by atoms with Crippen molar-refractivity contribution in [3.05, 3.63) is 47.9 Å². The number of carbonyl (C=O) groups excluding carboxylic acids is 1. The lowest BCUT2D eigenvalue weighted by Crippen LogP contribution is -2.41. The van der Waals surface area contributed by atoms with E-state index in [-0.39, 0.29) is 12.4 Å². The number of rotatable bonds is 7. The van der Waals surface area contributed by atoms with Crippen LogP contribution in [0.5, 0.6) is 5.75 Å². The Labute approximate surface area is 138 Å². The highest BCUT2D eigenvalue weighted by molar-refractivity contribution is 5.79. The molecule has 0 amide bonds. The summed E-state index contributed by atoms with van der Waals surface area (Å²) in [7, 11) is 1.51. The van der Waals surface area contributed by atoms with E-state index in [4.69, 9.17) is 9.15 Å². The second-order valence-electron chi connectivity index (χ2n) is 5.10. The molecule has 0 saturated carbocycles. The molecule has 0 fully saturated rings. The van der Waals surface area contributed by atoms with Crippen LogP contribution in [0.15, 0.2) is 40.8 Å². The van der Waals surface area contributed by atoms with E-state index in [0.717, 1.165) is 0 Å². The van der Waals surface area contributed by atoms with Gasteiger partial charge in [-0.15, -0.1) is 0 Å². The second kappa shape index (κ2) is 7.33. The molecule has 24 heavy (non-hydrogen) atoms. The molecule has 2 rings (SSSR count). The third-order valence-corrected chi connectivity index (χ3v) is 3.36. The molecule has 1 aromatic heterocycles. The topological polar surface area (TPSA) is 60.7 Å². The Hall–Kier alpha value is -2.57. The van der Waals surface area contributed by atoms with Crippen molar-refractivity contribution < 1.29 is 27.5 Å². The van der Waals surface area contributed by atoms with Gasteiger partial charge in [-0.2, -0.15) is 8.78 Å². The number of aryl methyl sites for hydroxylation is 1. The van der Waals surface area contributed by atoms with Crippen LogP contribution in [0.25, 0.3) is 0 Å². The van der Waals surface area contributed by atoms with Gasteiger partial charge < -0.3 is 19.2 Å². The molecule has 5 nitrogen and oxygen atoms in total. The molecule has 0 aliphatic heterocycles. The summed E-state index contributed by atoms with van der Waals surface area (Å²) in [4.78, 5) is 11.7. The zero-order valence-electron chi connectivity index (χ0n) is 13.6. The first-order chi connectivity index (χ1) is 11.4. The van der Waals surface area contributed by atoms with E-state index in [1.165, 1.54) is 20.1 Å². The Morgan fingerprint density at radius 3 is 2.42 bits per heavy atom. The normalized spacial score (nSPS) is 12.5. The molecule has 1 aromatic carbocycles. The Kier molecular flexibility index (Phi) is 5.43. The van der Waals surface area contributed by atoms with E-state index in [0.29, 0.717) is 17.2 Å². The Balaban J connectivity index is 2.33. The molecule has 0 radical (unpaired) electrons. The van der Waals surface area contributed by atoms with Gasteiger partial charge in [0.05, 0.1) is 13.7 Å². The van der Waals surface area contributed by atoms with Crippen molar-refractivity contribution in [3.8, 4) is 5.75 Å². The van der Waals surface area contributed by atoms with Gasteiger partial charge in [-0.05, 0) is 50.2 Å². The number of nitrogens with one attached hydrogen (secondary N) is 1. The van der Waals surface area contributed by atoms with Crippen LogP contribution in [-0.4, -0.2) is 25.6 Å². The first-order valence-electron chi connectivity index (χ1n) is 7.40. The SMILES string of the molecule is CCOC(=O)C(F)(F)C(Nc1ccc(OC)cc1)c1ccc(C)o1. The van der Waals surface area contributed by atoms with Crippen LogP contribution in [0, 0.1) is 6.92 Å². The van der Waals surface area contributed by atoms with Gasteiger partial charge in [0.15, 0.2) is 6.04 Å². The largest absolute Gasteiger partial charge is 0.497 e. The highest BCUT2D eigenvalue weighted by atomic mass is 19.3. The fraction of sp³-hybridized carbons (Fsp3) is 0.353. The number of alkyl halides is 2. The fourth-order valence-electron chi connectivity index (χ4n) is 2.15. The standard InChI is InChI=1S/C17H19F2NO4/c1-4-23-16(21)17(18,19)15(14-10-5-11(2)24-14)20-12-6-8-13(22-3)9-7-12/h5-10,15,20H,4H2,1-3H3. The molecule has 0 saturated heterocycles. The molecule has 1 heterocycles. The van der Waals surface area contributed by atoms with Crippen LogP contribution >= 0.6 is 0 Å². The number of ether oxygens (including phenoxy) is 2. The Morgan fingerprint density at radius 1 is 1.25 bits per heavy atom. The minimum Gasteiger partial charge on any atom is -0.497 e. The zero-order chi connectivity index (χ0) is 17.7. The van der Waals surface area contributed by atoms with Crippen molar-refractivity contribution in [1.29, 1.82) is 0 Å². The molecule has 0 bridgehead atoms. The monoisotopic (exact) mass is 339 g/mol. The van der Waals surface area contributed by atoms with Crippen molar-refractivity contribution in [3.63, 3.8) is 0 Å². The van der Waals surface area contributed by atoms with E-state index >= 15 is 0 Å². The summed E-state index contributed by atoms with van der Waals surface area (Å²) in [5, 5.41) is 2.64. The van der Waals surface area contributed by atoms with Crippen LogP contribution in [0.3, 0.4) is 0 Å². The quantitative estimate of drug-likeness (QED) is 0.774. The average molecular weight is 339 g/mol. The molecule has 1 atom stereocenters. The number of furan rings is 1. The lowest BCUT2D eigenvalue weighted by Gasteiger charge is -2.25. The van der Waals surface area contributed by atoms with Gasteiger partial charge in [-0.25, -0.2) is 4.79 Å². The molecule has 7 heteroatoms. The summed E-state index contributed by atoms with van der Waals surface area (Å²) < 4.78 is 44.0. The smallest absolute Gasteiger partial charge is 0.379 e. The number of methoxy groups -OCH3 is 1. The Bertz CT molecular complexity index is 682. The lowest BCUT2D eigenvalue weighted by molar-refractivity contribution is -0.174. The van der Waals surface area contributed by atoms with Crippen molar-refractivity contribution in [2.45, 2.75) is 25.8 Å². The van der Waals surface area contributed by atoms with Gasteiger partial charge in [-0.3, -0.25) is 0 Å². The first kappa shape index (κ1) is 17.8. The number of carbonyl (C=O) groups is 1. The number of benzene rings is 1. The summed E-state index contributed by atoms with van der Waals surface area (Å²) in [5.74, 6) is -4.42. The maximum atomic E-state index is 14.6. The number of anilines is 1. The van der Waals surface area contributed by atoms with Crippen LogP contribution < -0.4 is 10.1 Å². The fourth-order valence-corrected chi connectivity index (χ4v) is 2.15. The molecule has 0 aliphatic carbocycles. The minimum absolute atomic E-state index is 0.0543. The van der Waals surface area contributed by atoms with E-state index in [1.807, 2.05) is 0 Å². The van der Waals surface area contributed by atoms with Gasteiger partial charge in [0, 0.05) is 5.69 Å². The summed E-state index contributed by atoms with van der Waals surface area (Å²) in [5.41, 5.74) is 0.388. The van der Waals surface area contributed by atoms with Crippen LogP contribution in [0.1, 0.15) is 24.5 Å². The van der Waals surface area contributed by atoms with Gasteiger partial charge >= 0.3 is 11.9 Å². The molecule has 0 aliphatic rings. The zero-order valence-corrected chi connectivity index (χ0v) is 13.6. The van der Waals surface area contributed by atoms with E-state index in [1.54, 1.807) is 37.3 Å². The predicted octanol–water partition coefficient (Wildman–Crippen LogP) is 3.95. The first-order valence-corrected chi connectivity index (χ1v) is 7.40. The molecular weight excluding hydrogens is 320 g/mol. The maximum Gasteiger partial charge on any atom is 0.379 e. The predicted molar refractivity (Wildman–Crippen MR) is 84.4 cm³/mol. The molecule has 1 unspecified atom stereocenters. The van der Waals surface area contributed by atoms with Gasteiger partial charge in [-0.1, -0.05) is 0 Å². The van der Waals surface area contributed by atoms with Gasteiger partial charge in [0.1, 0.15) is 17.3 Å². The van der Waals surface area contributed by atoms with Crippen LogP contribution in [0.2, 0.25) is 0 Å². The van der Waals surface area contributed by atoms with Crippen LogP contribution in [-0.2, 0) is 9.53 Å². The summed E-state index contributed by atoms with van der Waals surface area (Å²) in [6, 6.07) is 7.65. The number of hydrogen-bond donors (Lipinski definition) is 1. The Morgan fingerprint density at radius 2 is 1.92 bits per heavy atom. The van der Waals surface area contributed by atoms with Crippen molar-refractivity contribution >= 4 is 11.7 Å². The minimum atomic E-state index is -3.81. The highest BCUT2D eigenvalue weighted by Crippen LogP contribution is 2.36. The number of halogens is 2. The van der Waals surface area contributed by atoms with Gasteiger partial charge in [0.2, 0.25) is 0 Å². The molecule has 130 valence electrons. The summed E-state index contributed by atoms with van der Waals surface area (Å²) in [6.07, 6.45) is 0. The number of hydrogen-bond acceptors (Lipinski definition) is 5. The maximum absolute atomic E-state index is 14.6. The van der Waals surface area contributed by atoms with Crippen molar-refractivity contribution in [2.24, 2.45) is 0 Å². The lowest BCUT2D eigenvalue weighted by atomic mass is 10.1. The van der Waals surface area contributed by atoms with Gasteiger partial charge in [0.25, 0.3) is 0 Å². The summed E-state index contributed by atoms with van der Waals surface area (Å²) >= 11 is 0. The highest BCUT2D eigenvalue weighted by Gasteiger charge is 2.51. The van der Waals surface area contributed by atoms with E-state index < -0.39 is 17.9 Å². The summed E-state index contributed by atoms with van der Waals surface area (Å²) in [6.45, 7) is 2.97. The van der Waals surface area contributed by atoms with Crippen molar-refractivity contribution in [1.82, 2.24) is 0 Å². The average Bonchev–Trinajstić information content (AvgIpc) is 2.99. The van der Waals surface area contributed by atoms with Crippen LogP contribution in [0.4, 0.5) is 14.5 Å². The third-order valence-electron chi connectivity index (χ3n) is 3.36. The van der Waals surface area contributed by atoms with E-state index in [9.17, 15) is 13.6 Å². The molecule has 0 spiro atoms. The van der Waals surface area contributed by atoms with Crippen molar-refractivity contribution in [2.75, 3.05) is 19.0 Å². The second-order valence-corrected chi connectivity index (χ2v) is 5.10. The third kappa shape index (κ3) is 3.84. The molecule has 1 N–H and O–H groups in total. The number of esters is 1. The van der Waals surface area contributed by atoms with E-state index in [2.05, 4.69) is 10.1 Å².